The van der Waals surface area contributed by atoms with Crippen molar-refractivity contribution in [3.05, 3.63) is 35.5 Å². The van der Waals surface area contributed by atoms with E-state index in [9.17, 15) is 0 Å². The van der Waals surface area contributed by atoms with Gasteiger partial charge >= 0.3 is 0 Å². The van der Waals surface area contributed by atoms with Gasteiger partial charge in [-0.25, -0.2) is 0 Å². The van der Waals surface area contributed by atoms with Crippen molar-refractivity contribution in [2.75, 3.05) is 0 Å². The van der Waals surface area contributed by atoms with Crippen molar-refractivity contribution in [1.82, 2.24) is 4.57 Å². The number of fused-ring (bicyclic) bond motifs is 1. The fourth-order valence-corrected chi connectivity index (χ4v) is 2.36. The number of hydrogen-bond donors (Lipinski definition) is 1. The fraction of sp³-hybridized carbons (Fsp3) is 0.357. The third-order valence-corrected chi connectivity index (χ3v) is 3.03. The molecule has 0 fully saturated rings. The summed E-state index contributed by atoms with van der Waals surface area (Å²) in [6.45, 7) is 7.72. The van der Waals surface area contributed by atoms with Crippen molar-refractivity contribution in [2.45, 2.75) is 33.7 Å². The highest BCUT2D eigenvalue weighted by Gasteiger charge is 2.09. The number of nitrogens with two attached hydrogens (primary N) is 1. The molecule has 1 heterocycles. The van der Waals surface area contributed by atoms with E-state index in [1.54, 1.807) is 0 Å². The Hall–Kier alpha value is -1.77. The molecule has 1 aromatic carbocycles. The van der Waals surface area contributed by atoms with Crippen LogP contribution in [0.5, 0.6) is 0 Å². The molecule has 0 aliphatic carbocycles. The largest absolute Gasteiger partial charge is 0.372 e. The Kier molecular flexibility index (Phi) is 4.76. The SMILES string of the molecule is CCc1c(C)n(CC)c2ccccc12.NC=O. The summed E-state index contributed by atoms with van der Waals surface area (Å²) in [7, 11) is 0. The molecule has 2 aromatic rings. The number of aryl methyl sites for hydroxylation is 2. The van der Waals surface area contributed by atoms with Crippen molar-refractivity contribution >= 4 is 17.3 Å². The van der Waals surface area contributed by atoms with Gasteiger partial charge in [0.1, 0.15) is 0 Å². The average Bonchev–Trinajstić information content (AvgIpc) is 2.61. The van der Waals surface area contributed by atoms with Crippen molar-refractivity contribution in [1.29, 1.82) is 0 Å². The smallest absolute Gasteiger partial charge is 0.204 e. The van der Waals surface area contributed by atoms with Gasteiger partial charge in [0.15, 0.2) is 0 Å². The van der Waals surface area contributed by atoms with Gasteiger partial charge in [0.05, 0.1) is 0 Å². The molecule has 0 saturated carbocycles. The number of para-hydroxylation sites is 1. The minimum absolute atomic E-state index is 0.250. The van der Waals surface area contributed by atoms with E-state index in [-0.39, 0.29) is 6.41 Å². The Morgan fingerprint density at radius 3 is 2.41 bits per heavy atom. The summed E-state index contributed by atoms with van der Waals surface area (Å²) in [5, 5.41) is 1.43. The third-order valence-electron chi connectivity index (χ3n) is 3.03. The number of nitrogens with zero attached hydrogens (tertiary/aromatic N) is 1. The van der Waals surface area contributed by atoms with Crippen molar-refractivity contribution < 1.29 is 4.79 Å². The number of amides is 1. The van der Waals surface area contributed by atoms with E-state index >= 15 is 0 Å². The van der Waals surface area contributed by atoms with Crippen LogP contribution < -0.4 is 5.73 Å². The normalized spacial score (nSPS) is 9.82. The number of primary amides is 1. The summed E-state index contributed by atoms with van der Waals surface area (Å²) in [5.74, 6) is 0. The number of carbonyl (C=O) groups excluding carboxylic acids is 1. The Morgan fingerprint density at radius 2 is 1.88 bits per heavy atom. The van der Waals surface area contributed by atoms with Gasteiger partial charge in [0.25, 0.3) is 0 Å². The summed E-state index contributed by atoms with van der Waals surface area (Å²) in [4.78, 5) is 8.58. The minimum Gasteiger partial charge on any atom is -0.372 e. The highest BCUT2D eigenvalue weighted by Crippen LogP contribution is 2.25. The van der Waals surface area contributed by atoms with Gasteiger partial charge < -0.3 is 10.3 Å². The Labute approximate surface area is 102 Å². The number of benzene rings is 1. The van der Waals surface area contributed by atoms with E-state index in [1.807, 2.05) is 0 Å². The molecule has 1 amide bonds. The van der Waals surface area contributed by atoms with Crippen LogP contribution in [0.2, 0.25) is 0 Å². The quantitative estimate of drug-likeness (QED) is 0.795. The molecule has 0 atom stereocenters. The highest BCUT2D eigenvalue weighted by molar-refractivity contribution is 5.85. The first-order valence-corrected chi connectivity index (χ1v) is 5.93. The third kappa shape index (κ3) is 2.49. The highest BCUT2D eigenvalue weighted by atomic mass is 16.1. The van der Waals surface area contributed by atoms with Crippen LogP contribution in [0, 0.1) is 6.92 Å². The number of rotatable bonds is 2. The second-order valence-electron chi connectivity index (χ2n) is 3.82. The molecule has 0 unspecified atom stereocenters. The lowest BCUT2D eigenvalue weighted by atomic mass is 10.1. The van der Waals surface area contributed by atoms with Gasteiger partial charge in [0, 0.05) is 23.1 Å². The Bertz CT molecular complexity index is 459. The lowest BCUT2D eigenvalue weighted by Crippen LogP contribution is -1.96. The zero-order valence-electron chi connectivity index (χ0n) is 10.7. The molecule has 0 aliphatic rings. The monoisotopic (exact) mass is 232 g/mol. The molecule has 1 aromatic heterocycles. The summed E-state index contributed by atoms with van der Waals surface area (Å²) in [5.41, 5.74) is 8.48. The van der Waals surface area contributed by atoms with E-state index in [1.165, 1.54) is 22.2 Å². The van der Waals surface area contributed by atoms with Gasteiger partial charge in [-0.15, -0.1) is 0 Å². The van der Waals surface area contributed by atoms with E-state index in [2.05, 4.69) is 55.3 Å². The number of aromatic nitrogens is 1. The summed E-state index contributed by atoms with van der Waals surface area (Å²) in [6.07, 6.45) is 1.37. The van der Waals surface area contributed by atoms with E-state index in [0.717, 1.165) is 13.0 Å². The first kappa shape index (κ1) is 13.3. The molecule has 0 aliphatic heterocycles. The van der Waals surface area contributed by atoms with Crippen LogP contribution in [0.15, 0.2) is 24.3 Å². The van der Waals surface area contributed by atoms with Crippen LogP contribution in [0.4, 0.5) is 0 Å². The minimum atomic E-state index is 0.250. The molecular weight excluding hydrogens is 212 g/mol. The van der Waals surface area contributed by atoms with Crippen LogP contribution in [0.1, 0.15) is 25.1 Å². The summed E-state index contributed by atoms with van der Waals surface area (Å²) in [6, 6.07) is 8.69. The number of carbonyl (C=O) groups is 1. The molecule has 2 N–H and O–H groups in total. The van der Waals surface area contributed by atoms with Crippen LogP contribution in [0.3, 0.4) is 0 Å². The number of hydrogen-bond acceptors (Lipinski definition) is 1. The predicted octanol–water partition coefficient (Wildman–Crippen LogP) is 2.63. The van der Waals surface area contributed by atoms with E-state index < -0.39 is 0 Å². The van der Waals surface area contributed by atoms with Crippen LogP contribution in [-0.4, -0.2) is 11.0 Å². The molecular formula is C14H20N2O. The first-order valence-electron chi connectivity index (χ1n) is 5.93. The van der Waals surface area contributed by atoms with Crippen LogP contribution >= 0.6 is 0 Å². The van der Waals surface area contributed by atoms with Gasteiger partial charge in [-0.2, -0.15) is 0 Å². The second kappa shape index (κ2) is 6.09. The molecule has 0 spiro atoms. The topological polar surface area (TPSA) is 48.0 Å². The van der Waals surface area contributed by atoms with Crippen molar-refractivity contribution in [3.63, 3.8) is 0 Å². The first-order chi connectivity index (χ1) is 8.21. The lowest BCUT2D eigenvalue weighted by Gasteiger charge is -2.03. The summed E-state index contributed by atoms with van der Waals surface area (Å²) >= 11 is 0. The molecule has 3 nitrogen and oxygen atoms in total. The van der Waals surface area contributed by atoms with Gasteiger partial charge in [-0.1, -0.05) is 25.1 Å². The van der Waals surface area contributed by atoms with Gasteiger partial charge in [0.2, 0.25) is 6.41 Å². The fourth-order valence-electron chi connectivity index (χ4n) is 2.36. The molecule has 17 heavy (non-hydrogen) atoms. The molecule has 0 saturated heterocycles. The lowest BCUT2D eigenvalue weighted by molar-refractivity contribution is -0.106. The van der Waals surface area contributed by atoms with E-state index in [4.69, 9.17) is 4.79 Å². The van der Waals surface area contributed by atoms with E-state index in [0.29, 0.717) is 0 Å². The molecule has 2 rings (SSSR count). The molecule has 92 valence electrons. The van der Waals surface area contributed by atoms with Gasteiger partial charge in [-0.3, -0.25) is 4.79 Å². The van der Waals surface area contributed by atoms with Crippen molar-refractivity contribution in [2.24, 2.45) is 5.73 Å². The van der Waals surface area contributed by atoms with Crippen LogP contribution in [0.25, 0.3) is 10.9 Å². The molecule has 3 heteroatoms. The van der Waals surface area contributed by atoms with Crippen LogP contribution in [-0.2, 0) is 17.8 Å². The Morgan fingerprint density at radius 1 is 1.29 bits per heavy atom. The summed E-state index contributed by atoms with van der Waals surface area (Å²) < 4.78 is 2.40. The van der Waals surface area contributed by atoms with Gasteiger partial charge in [-0.05, 0) is 31.9 Å². The zero-order chi connectivity index (χ0) is 12.8. The maximum Gasteiger partial charge on any atom is 0.204 e. The van der Waals surface area contributed by atoms with Crippen molar-refractivity contribution in [3.8, 4) is 0 Å². The maximum absolute atomic E-state index is 8.58. The zero-order valence-corrected chi connectivity index (χ0v) is 10.7. The molecule has 0 radical (unpaired) electrons. The Balaban J connectivity index is 0.000000437. The average molecular weight is 232 g/mol. The predicted molar refractivity (Wildman–Crippen MR) is 72.0 cm³/mol. The second-order valence-corrected chi connectivity index (χ2v) is 3.82. The maximum atomic E-state index is 8.58. The molecule has 0 bridgehead atoms. The standard InChI is InChI=1S/C13H17N.CH3NO/c1-4-11-10(3)14(5-2)13-9-7-6-8-12(11)13;2-1-3/h6-9H,4-5H2,1-3H3;1H,(H2,2,3).